The quantitative estimate of drug-likeness (QED) is 0.196. The van der Waals surface area contributed by atoms with E-state index in [4.69, 9.17) is 8.83 Å². The molecule has 0 amide bonds. The molecule has 7 aromatic carbocycles. The number of hydrogen-bond acceptors (Lipinski definition) is 3. The molecule has 214 valence electrons. The molecule has 0 saturated heterocycles. The molecule has 0 radical (unpaired) electrons. The maximum Gasteiger partial charge on any atom is 0.136 e. The number of para-hydroxylation sites is 2. The van der Waals surface area contributed by atoms with Gasteiger partial charge in [0.15, 0.2) is 0 Å². The molecule has 4 heterocycles. The molecule has 0 unspecified atom stereocenters. The van der Waals surface area contributed by atoms with Gasteiger partial charge in [0.2, 0.25) is 0 Å². The minimum atomic E-state index is 0.888. The lowest BCUT2D eigenvalue weighted by atomic mass is 10.0. The highest BCUT2D eigenvalue weighted by atomic mass is 32.1. The van der Waals surface area contributed by atoms with Gasteiger partial charge < -0.3 is 13.4 Å². The third-order valence-corrected chi connectivity index (χ3v) is 10.8. The van der Waals surface area contributed by atoms with E-state index in [9.17, 15) is 0 Å². The van der Waals surface area contributed by atoms with E-state index in [2.05, 4.69) is 132 Å². The van der Waals surface area contributed by atoms with E-state index in [0.717, 1.165) is 55.3 Å². The second kappa shape index (κ2) is 8.87. The molecule has 0 N–H and O–H groups in total. The Kier molecular flexibility index (Phi) is 4.72. The van der Waals surface area contributed by atoms with Crippen LogP contribution in [-0.2, 0) is 0 Å². The first kappa shape index (κ1) is 24.5. The summed E-state index contributed by atoms with van der Waals surface area (Å²) in [5.41, 5.74) is 9.39. The molecule has 11 aromatic rings. The van der Waals surface area contributed by atoms with Gasteiger partial charge in [0, 0.05) is 58.2 Å². The van der Waals surface area contributed by atoms with Crippen LogP contribution in [0.5, 0.6) is 0 Å². The van der Waals surface area contributed by atoms with Crippen molar-refractivity contribution in [3.05, 3.63) is 140 Å². The molecule has 46 heavy (non-hydrogen) atoms. The molecule has 0 fully saturated rings. The molecular weight excluding hydrogens is 583 g/mol. The number of furan rings is 2. The number of hydrogen-bond donors (Lipinski definition) is 0. The summed E-state index contributed by atoms with van der Waals surface area (Å²) in [7, 11) is 0. The molecular formula is C42H23NO2S. The van der Waals surface area contributed by atoms with Gasteiger partial charge in [-0.3, -0.25) is 0 Å². The van der Waals surface area contributed by atoms with Crippen molar-refractivity contribution in [1.29, 1.82) is 0 Å². The summed E-state index contributed by atoms with van der Waals surface area (Å²) in [6.45, 7) is 0. The van der Waals surface area contributed by atoms with Gasteiger partial charge in [-0.2, -0.15) is 0 Å². The van der Waals surface area contributed by atoms with Crippen LogP contribution in [0.15, 0.2) is 148 Å². The van der Waals surface area contributed by atoms with E-state index in [0.29, 0.717) is 0 Å². The Labute approximate surface area is 266 Å². The fraction of sp³-hybridized carbons (Fsp3) is 0. The highest BCUT2D eigenvalue weighted by Crippen LogP contribution is 2.42. The fourth-order valence-corrected chi connectivity index (χ4v) is 8.63. The number of benzene rings is 7. The van der Waals surface area contributed by atoms with E-state index in [1.807, 2.05) is 23.5 Å². The van der Waals surface area contributed by atoms with Crippen molar-refractivity contribution in [2.75, 3.05) is 0 Å². The van der Waals surface area contributed by atoms with Crippen molar-refractivity contribution in [3.63, 3.8) is 0 Å². The lowest BCUT2D eigenvalue weighted by Crippen LogP contribution is -1.93. The molecule has 0 aliphatic carbocycles. The van der Waals surface area contributed by atoms with Gasteiger partial charge in [-0.1, -0.05) is 66.7 Å². The number of nitrogens with zero attached hydrogens (tertiary/aromatic N) is 1. The zero-order valence-corrected chi connectivity index (χ0v) is 25.3. The Morgan fingerprint density at radius 2 is 1.11 bits per heavy atom. The van der Waals surface area contributed by atoms with E-state index in [-0.39, 0.29) is 0 Å². The summed E-state index contributed by atoms with van der Waals surface area (Å²) >= 11 is 1.85. The van der Waals surface area contributed by atoms with E-state index < -0.39 is 0 Å². The predicted octanol–water partition coefficient (Wildman–Crippen LogP) is 12.6. The minimum absolute atomic E-state index is 0.888. The molecule has 3 nitrogen and oxygen atoms in total. The summed E-state index contributed by atoms with van der Waals surface area (Å²) in [5, 5.41) is 9.59. The first-order chi connectivity index (χ1) is 22.8. The van der Waals surface area contributed by atoms with Gasteiger partial charge in [-0.15, -0.1) is 11.3 Å². The minimum Gasteiger partial charge on any atom is -0.456 e. The standard InChI is InChI=1S/C42H23NO2S/c1-4-10-33-29(8-1)41-34(17-19-37-42(41)30-9-2-5-11-35(30)44-37)43(33)26-15-18-36-31(23-26)27-16-13-25(22-38(27)45-36)24-14-20-40-32(21-24)28-7-3-6-12-39(28)46-40/h1-23H. The van der Waals surface area contributed by atoms with Crippen LogP contribution in [0.25, 0.3) is 103 Å². The zero-order valence-electron chi connectivity index (χ0n) is 24.5. The molecule has 11 rings (SSSR count). The monoisotopic (exact) mass is 605 g/mol. The molecule has 0 aliphatic rings. The van der Waals surface area contributed by atoms with Gasteiger partial charge in [0.1, 0.15) is 22.3 Å². The Hall–Kier alpha value is -5.84. The summed E-state index contributed by atoms with van der Waals surface area (Å²) < 4.78 is 17.8. The smallest absolute Gasteiger partial charge is 0.136 e. The van der Waals surface area contributed by atoms with Crippen molar-refractivity contribution in [3.8, 4) is 16.8 Å². The Morgan fingerprint density at radius 3 is 2.07 bits per heavy atom. The van der Waals surface area contributed by atoms with Crippen molar-refractivity contribution >= 4 is 97.2 Å². The Balaban J connectivity index is 1.11. The molecule has 0 atom stereocenters. The molecule has 0 spiro atoms. The third-order valence-electron chi connectivity index (χ3n) is 9.60. The second-order valence-corrected chi connectivity index (χ2v) is 13.2. The number of rotatable bonds is 2. The molecule has 4 heteroatoms. The Morgan fingerprint density at radius 1 is 0.391 bits per heavy atom. The van der Waals surface area contributed by atoms with Crippen LogP contribution in [0.1, 0.15) is 0 Å². The molecule has 4 aromatic heterocycles. The van der Waals surface area contributed by atoms with Crippen molar-refractivity contribution in [2.45, 2.75) is 0 Å². The van der Waals surface area contributed by atoms with Gasteiger partial charge in [-0.25, -0.2) is 0 Å². The summed E-state index contributed by atoms with van der Waals surface area (Å²) in [6, 6.07) is 49.9. The van der Waals surface area contributed by atoms with Crippen LogP contribution in [-0.4, -0.2) is 4.57 Å². The summed E-state index contributed by atoms with van der Waals surface area (Å²) in [6.07, 6.45) is 0. The van der Waals surface area contributed by atoms with Crippen LogP contribution in [0.2, 0.25) is 0 Å². The van der Waals surface area contributed by atoms with Crippen LogP contribution < -0.4 is 0 Å². The SMILES string of the molecule is c1ccc2c(c1)oc1ccc3c(c4ccccc4n3-c3ccc4oc5cc(-c6ccc7sc8ccccc8c7c6)ccc5c4c3)c12. The van der Waals surface area contributed by atoms with Gasteiger partial charge in [0.25, 0.3) is 0 Å². The van der Waals surface area contributed by atoms with Crippen LogP contribution >= 0.6 is 11.3 Å². The average Bonchev–Trinajstić information content (AvgIpc) is 3.85. The first-order valence-corrected chi connectivity index (χ1v) is 16.3. The van der Waals surface area contributed by atoms with Crippen LogP contribution in [0.4, 0.5) is 0 Å². The van der Waals surface area contributed by atoms with Gasteiger partial charge in [-0.05, 0) is 83.9 Å². The van der Waals surface area contributed by atoms with Crippen molar-refractivity contribution in [2.24, 2.45) is 0 Å². The largest absolute Gasteiger partial charge is 0.456 e. The van der Waals surface area contributed by atoms with Crippen LogP contribution in [0, 0.1) is 0 Å². The maximum atomic E-state index is 6.48. The van der Waals surface area contributed by atoms with E-state index in [1.165, 1.54) is 47.4 Å². The zero-order chi connectivity index (χ0) is 29.9. The normalized spacial score (nSPS) is 12.3. The van der Waals surface area contributed by atoms with Crippen LogP contribution in [0.3, 0.4) is 0 Å². The lowest BCUT2D eigenvalue weighted by molar-refractivity contribution is 0.669. The highest BCUT2D eigenvalue weighted by molar-refractivity contribution is 7.25. The lowest BCUT2D eigenvalue weighted by Gasteiger charge is -2.08. The average molecular weight is 606 g/mol. The van der Waals surface area contributed by atoms with Gasteiger partial charge in [0.05, 0.1) is 11.0 Å². The second-order valence-electron chi connectivity index (χ2n) is 12.1. The fourth-order valence-electron chi connectivity index (χ4n) is 7.54. The maximum absolute atomic E-state index is 6.48. The number of fused-ring (bicyclic) bond motifs is 13. The first-order valence-electron chi connectivity index (χ1n) is 15.5. The number of aromatic nitrogens is 1. The third kappa shape index (κ3) is 3.26. The van der Waals surface area contributed by atoms with E-state index >= 15 is 0 Å². The summed E-state index contributed by atoms with van der Waals surface area (Å²) in [5.74, 6) is 0. The van der Waals surface area contributed by atoms with E-state index in [1.54, 1.807) is 0 Å². The topological polar surface area (TPSA) is 31.2 Å². The predicted molar refractivity (Wildman–Crippen MR) is 194 cm³/mol. The van der Waals surface area contributed by atoms with Crippen molar-refractivity contribution in [1.82, 2.24) is 4.57 Å². The Bertz CT molecular complexity index is 3040. The van der Waals surface area contributed by atoms with Gasteiger partial charge >= 0.3 is 0 Å². The number of thiophene rings is 1. The molecule has 0 saturated carbocycles. The van der Waals surface area contributed by atoms with Crippen molar-refractivity contribution < 1.29 is 8.83 Å². The highest BCUT2D eigenvalue weighted by Gasteiger charge is 2.19. The molecule has 0 bridgehead atoms. The molecule has 0 aliphatic heterocycles. The summed E-state index contributed by atoms with van der Waals surface area (Å²) in [4.78, 5) is 0.